The molecule has 1 aromatic rings. The number of hydrazine groups is 1. The van der Waals surface area contributed by atoms with Gasteiger partial charge < -0.3 is 4.90 Å². The molecule has 0 unspecified atom stereocenters. The van der Waals surface area contributed by atoms with Crippen LogP contribution in [0, 0.1) is 0 Å². The largest absolute Gasteiger partial charge is 0.348 e. The van der Waals surface area contributed by atoms with Crippen molar-refractivity contribution in [3.63, 3.8) is 0 Å². The Labute approximate surface area is 124 Å². The van der Waals surface area contributed by atoms with Crippen LogP contribution in [0.1, 0.15) is 23.8 Å². The van der Waals surface area contributed by atoms with Gasteiger partial charge in [-0.05, 0) is 13.0 Å². The van der Waals surface area contributed by atoms with Crippen LogP contribution in [-0.4, -0.2) is 70.3 Å². The normalized spacial score (nSPS) is 10.7. The van der Waals surface area contributed by atoms with Crippen LogP contribution in [0.4, 0.5) is 0 Å². The van der Waals surface area contributed by atoms with Gasteiger partial charge in [0, 0.05) is 20.6 Å². The molecule has 0 aliphatic heterocycles. The number of nitrogen functional groups attached to an aromatic ring is 1. The number of hydrogen-bond donors (Lipinski definition) is 2. The van der Waals surface area contributed by atoms with E-state index in [1.165, 1.54) is 6.20 Å². The molecule has 0 bridgehead atoms. The number of amides is 2. The van der Waals surface area contributed by atoms with E-state index in [-0.39, 0.29) is 11.6 Å². The predicted molar refractivity (Wildman–Crippen MR) is 77.1 cm³/mol. The first kappa shape index (κ1) is 17.1. The third-order valence-electron chi connectivity index (χ3n) is 2.95. The summed E-state index contributed by atoms with van der Waals surface area (Å²) in [5, 5.41) is 7.59. The highest BCUT2D eigenvalue weighted by atomic mass is 16.2. The van der Waals surface area contributed by atoms with Gasteiger partial charge in [0.15, 0.2) is 5.69 Å². The highest BCUT2D eigenvalue weighted by Gasteiger charge is 2.13. The quantitative estimate of drug-likeness (QED) is 0.350. The Morgan fingerprint density at radius 1 is 1.38 bits per heavy atom. The zero-order valence-corrected chi connectivity index (χ0v) is 12.7. The first-order valence-corrected chi connectivity index (χ1v) is 6.81. The minimum absolute atomic E-state index is 0.0604. The lowest BCUT2D eigenvalue weighted by Gasteiger charge is -2.22. The minimum atomic E-state index is -0.477. The molecule has 0 saturated carbocycles. The monoisotopic (exact) mass is 297 g/mol. The third kappa shape index (κ3) is 5.48. The fourth-order valence-corrected chi connectivity index (χ4v) is 1.75. The molecule has 3 N–H and O–H groups in total. The molecule has 1 rings (SSSR count). The van der Waals surface area contributed by atoms with Gasteiger partial charge in [0.05, 0.1) is 19.3 Å². The van der Waals surface area contributed by atoms with Gasteiger partial charge in [-0.25, -0.2) is 5.84 Å². The molecule has 9 nitrogen and oxygen atoms in total. The molecular formula is C12H23N7O2. The molecule has 0 fully saturated rings. The molecule has 0 aliphatic carbocycles. The Morgan fingerprint density at radius 3 is 2.67 bits per heavy atom. The second-order valence-corrected chi connectivity index (χ2v) is 4.90. The molecule has 0 spiro atoms. The SMILES string of the molecule is CCCN(CCn1cc(C(=O)NN)nn1)CC(=O)N(C)C. The summed E-state index contributed by atoms with van der Waals surface area (Å²) in [6.45, 7) is 4.45. The van der Waals surface area contributed by atoms with E-state index < -0.39 is 5.91 Å². The molecule has 0 atom stereocenters. The number of nitrogens with one attached hydrogen (secondary N) is 1. The molecule has 118 valence electrons. The molecule has 0 radical (unpaired) electrons. The summed E-state index contributed by atoms with van der Waals surface area (Å²) >= 11 is 0. The Balaban J connectivity index is 2.54. The van der Waals surface area contributed by atoms with E-state index in [4.69, 9.17) is 5.84 Å². The number of carbonyl (C=O) groups excluding carboxylic acids is 2. The maximum Gasteiger partial charge on any atom is 0.287 e. The standard InChI is InChI=1S/C12H23N7O2/c1-4-5-18(9-11(20)17(2)3)6-7-19-8-10(15-16-19)12(21)14-13/h8H,4-7,9,13H2,1-3H3,(H,14,21). The van der Waals surface area contributed by atoms with Crippen molar-refractivity contribution >= 4 is 11.8 Å². The lowest BCUT2D eigenvalue weighted by atomic mass is 10.3. The molecular weight excluding hydrogens is 274 g/mol. The average molecular weight is 297 g/mol. The van der Waals surface area contributed by atoms with Crippen LogP contribution in [0.25, 0.3) is 0 Å². The van der Waals surface area contributed by atoms with E-state index in [0.717, 1.165) is 13.0 Å². The van der Waals surface area contributed by atoms with Crippen LogP contribution in [0.3, 0.4) is 0 Å². The Bertz CT molecular complexity index is 472. The Morgan fingerprint density at radius 2 is 2.10 bits per heavy atom. The van der Waals surface area contributed by atoms with Gasteiger partial charge in [-0.15, -0.1) is 5.10 Å². The summed E-state index contributed by atoms with van der Waals surface area (Å²) in [7, 11) is 3.48. The number of likely N-dealkylation sites (N-methyl/N-ethyl adjacent to an activating group) is 1. The van der Waals surface area contributed by atoms with Gasteiger partial charge in [-0.1, -0.05) is 12.1 Å². The molecule has 1 heterocycles. The first-order chi connectivity index (χ1) is 9.97. The zero-order chi connectivity index (χ0) is 15.8. The van der Waals surface area contributed by atoms with Crippen LogP contribution in [0.15, 0.2) is 6.20 Å². The second-order valence-electron chi connectivity index (χ2n) is 4.90. The molecule has 0 saturated heterocycles. The topological polar surface area (TPSA) is 109 Å². The van der Waals surface area contributed by atoms with Crippen LogP contribution in [0.5, 0.6) is 0 Å². The first-order valence-electron chi connectivity index (χ1n) is 6.81. The Hall–Kier alpha value is -2.00. The van der Waals surface area contributed by atoms with Crippen molar-refractivity contribution in [2.45, 2.75) is 19.9 Å². The van der Waals surface area contributed by atoms with E-state index >= 15 is 0 Å². The van der Waals surface area contributed by atoms with Gasteiger partial charge in [-0.2, -0.15) is 0 Å². The van der Waals surface area contributed by atoms with E-state index in [2.05, 4.69) is 17.2 Å². The summed E-state index contributed by atoms with van der Waals surface area (Å²) in [4.78, 5) is 26.6. The highest BCUT2D eigenvalue weighted by Crippen LogP contribution is 1.97. The van der Waals surface area contributed by atoms with Crippen LogP contribution in [-0.2, 0) is 11.3 Å². The predicted octanol–water partition coefficient (Wildman–Crippen LogP) is -1.32. The maximum atomic E-state index is 11.8. The third-order valence-corrected chi connectivity index (χ3v) is 2.95. The van der Waals surface area contributed by atoms with Gasteiger partial charge in [0.25, 0.3) is 5.91 Å². The Kier molecular flexibility index (Phi) is 6.76. The highest BCUT2D eigenvalue weighted by molar-refractivity contribution is 5.91. The maximum absolute atomic E-state index is 11.8. The van der Waals surface area contributed by atoms with Crippen molar-refractivity contribution in [3.8, 4) is 0 Å². The summed E-state index contributed by atoms with van der Waals surface area (Å²) in [6, 6.07) is 0. The van der Waals surface area contributed by atoms with Gasteiger partial charge in [0.2, 0.25) is 5.91 Å². The number of carbonyl (C=O) groups is 2. The number of nitrogens with zero attached hydrogens (tertiary/aromatic N) is 5. The van der Waals surface area contributed by atoms with E-state index in [1.54, 1.807) is 23.7 Å². The number of aromatic nitrogens is 3. The van der Waals surface area contributed by atoms with E-state index in [9.17, 15) is 9.59 Å². The fraction of sp³-hybridized carbons (Fsp3) is 0.667. The molecule has 21 heavy (non-hydrogen) atoms. The molecule has 9 heteroatoms. The smallest absolute Gasteiger partial charge is 0.287 e. The van der Waals surface area contributed by atoms with Crippen LogP contribution in [0.2, 0.25) is 0 Å². The number of hydrogen-bond acceptors (Lipinski definition) is 6. The van der Waals surface area contributed by atoms with Crippen molar-refractivity contribution in [1.29, 1.82) is 0 Å². The number of nitrogens with two attached hydrogens (primary N) is 1. The molecule has 0 aliphatic rings. The van der Waals surface area contributed by atoms with Crippen molar-refractivity contribution in [3.05, 3.63) is 11.9 Å². The molecule has 1 aromatic heterocycles. The van der Waals surface area contributed by atoms with Crippen LogP contribution >= 0.6 is 0 Å². The van der Waals surface area contributed by atoms with Crippen molar-refractivity contribution in [2.24, 2.45) is 5.84 Å². The lowest BCUT2D eigenvalue weighted by Crippen LogP contribution is -2.38. The second kappa shape index (κ2) is 8.32. The van der Waals surface area contributed by atoms with Crippen molar-refractivity contribution in [1.82, 2.24) is 30.2 Å². The summed E-state index contributed by atoms with van der Waals surface area (Å²) in [5.74, 6) is 4.61. The van der Waals surface area contributed by atoms with Crippen LogP contribution < -0.4 is 11.3 Å². The van der Waals surface area contributed by atoms with E-state index in [1.807, 2.05) is 10.3 Å². The summed E-state index contributed by atoms with van der Waals surface area (Å²) in [5.41, 5.74) is 2.17. The molecule has 2 amide bonds. The van der Waals surface area contributed by atoms with Gasteiger partial charge in [-0.3, -0.25) is 24.6 Å². The zero-order valence-electron chi connectivity index (χ0n) is 12.7. The summed E-state index contributed by atoms with van der Waals surface area (Å²) in [6.07, 6.45) is 2.49. The number of rotatable bonds is 8. The minimum Gasteiger partial charge on any atom is -0.348 e. The fourth-order valence-electron chi connectivity index (χ4n) is 1.75. The van der Waals surface area contributed by atoms with Gasteiger partial charge >= 0.3 is 0 Å². The lowest BCUT2D eigenvalue weighted by molar-refractivity contribution is -0.129. The van der Waals surface area contributed by atoms with E-state index in [0.29, 0.717) is 19.6 Å². The average Bonchev–Trinajstić information content (AvgIpc) is 2.92. The van der Waals surface area contributed by atoms with Crippen molar-refractivity contribution in [2.75, 3.05) is 33.7 Å². The molecule has 0 aromatic carbocycles. The van der Waals surface area contributed by atoms with Crippen molar-refractivity contribution < 1.29 is 9.59 Å². The summed E-state index contributed by atoms with van der Waals surface area (Å²) < 4.78 is 1.56. The van der Waals surface area contributed by atoms with Gasteiger partial charge in [0.1, 0.15) is 0 Å².